The number of benzene rings is 2. The van der Waals surface area contributed by atoms with Crippen LogP contribution in [-0.2, 0) is 0 Å². The molecule has 2 aromatic carbocycles. The van der Waals surface area contributed by atoms with Crippen LogP contribution in [0.5, 0.6) is 0 Å². The maximum atomic E-state index is 13.9. The number of rotatable bonds is 2. The van der Waals surface area contributed by atoms with E-state index >= 15 is 0 Å². The number of hydrogen-bond donors (Lipinski definition) is 0. The fourth-order valence-electron chi connectivity index (χ4n) is 5.20. The molecular formula is C22H26F2. The van der Waals surface area contributed by atoms with Crippen LogP contribution >= 0.6 is 0 Å². The Morgan fingerprint density at radius 2 is 1.71 bits per heavy atom. The van der Waals surface area contributed by atoms with Gasteiger partial charge in [0.15, 0.2) is 11.6 Å². The molecule has 0 N–H and O–H groups in total. The highest BCUT2D eigenvalue weighted by Crippen LogP contribution is 2.48. The van der Waals surface area contributed by atoms with Crippen molar-refractivity contribution in [2.24, 2.45) is 17.8 Å². The topological polar surface area (TPSA) is 0 Å². The number of hydrogen-bond acceptors (Lipinski definition) is 0. The van der Waals surface area contributed by atoms with Crippen molar-refractivity contribution in [3.63, 3.8) is 0 Å². The zero-order chi connectivity index (χ0) is 16.7. The lowest BCUT2D eigenvalue weighted by atomic mass is 9.63. The minimum Gasteiger partial charge on any atom is -0.204 e. The Hall–Kier alpha value is -1.44. The van der Waals surface area contributed by atoms with Crippen LogP contribution in [0.15, 0.2) is 30.3 Å². The lowest BCUT2D eigenvalue weighted by Crippen LogP contribution is -2.30. The third kappa shape index (κ3) is 2.85. The highest BCUT2D eigenvalue weighted by atomic mass is 19.2. The molecule has 2 heteroatoms. The molecule has 0 heterocycles. The van der Waals surface area contributed by atoms with Crippen molar-refractivity contribution in [2.45, 2.75) is 57.8 Å². The monoisotopic (exact) mass is 328 g/mol. The Morgan fingerprint density at radius 1 is 0.917 bits per heavy atom. The van der Waals surface area contributed by atoms with E-state index in [4.69, 9.17) is 0 Å². The average Bonchev–Trinajstić information content (AvgIpc) is 2.63. The van der Waals surface area contributed by atoms with Crippen LogP contribution in [0.4, 0.5) is 8.78 Å². The van der Waals surface area contributed by atoms with E-state index in [0.717, 1.165) is 23.1 Å². The molecule has 24 heavy (non-hydrogen) atoms. The first kappa shape index (κ1) is 16.1. The van der Waals surface area contributed by atoms with E-state index in [2.05, 4.69) is 13.0 Å². The van der Waals surface area contributed by atoms with Crippen LogP contribution in [0.25, 0.3) is 10.8 Å². The van der Waals surface area contributed by atoms with Gasteiger partial charge < -0.3 is 0 Å². The zero-order valence-corrected chi connectivity index (χ0v) is 14.4. The SMILES string of the molecule is CCC1CCC2CC(c3ccc4c(F)c(F)ccc4c3)CCC2C1. The van der Waals surface area contributed by atoms with E-state index in [1.165, 1.54) is 56.6 Å². The predicted octanol–water partition coefficient (Wildman–Crippen LogP) is 6.83. The minimum atomic E-state index is -0.761. The molecule has 2 aliphatic carbocycles. The second-order valence-corrected chi connectivity index (χ2v) is 7.96. The van der Waals surface area contributed by atoms with Gasteiger partial charge in [-0.15, -0.1) is 0 Å². The molecule has 0 bridgehead atoms. The molecule has 0 saturated heterocycles. The van der Waals surface area contributed by atoms with Crippen molar-refractivity contribution in [1.82, 2.24) is 0 Å². The lowest BCUT2D eigenvalue weighted by Gasteiger charge is -2.42. The summed E-state index contributed by atoms with van der Waals surface area (Å²) < 4.78 is 27.3. The van der Waals surface area contributed by atoms with Crippen LogP contribution < -0.4 is 0 Å². The van der Waals surface area contributed by atoms with Gasteiger partial charge in [0.1, 0.15) is 0 Å². The molecule has 2 aromatic rings. The smallest absolute Gasteiger partial charge is 0.166 e. The molecule has 0 nitrogen and oxygen atoms in total. The van der Waals surface area contributed by atoms with Gasteiger partial charge in [-0.1, -0.05) is 44.0 Å². The third-order valence-corrected chi connectivity index (χ3v) is 6.70. The summed E-state index contributed by atoms with van der Waals surface area (Å²) >= 11 is 0. The summed E-state index contributed by atoms with van der Waals surface area (Å²) in [6.07, 6.45) is 9.39. The summed E-state index contributed by atoms with van der Waals surface area (Å²) in [7, 11) is 0. The summed E-state index contributed by atoms with van der Waals surface area (Å²) in [6.45, 7) is 2.33. The normalized spacial score (nSPS) is 30.3. The molecule has 0 aromatic heterocycles. The highest BCUT2D eigenvalue weighted by molar-refractivity contribution is 5.84. The summed E-state index contributed by atoms with van der Waals surface area (Å²) in [6, 6.07) is 8.82. The first-order valence-corrected chi connectivity index (χ1v) is 9.53. The van der Waals surface area contributed by atoms with Gasteiger partial charge in [-0.2, -0.15) is 0 Å². The van der Waals surface area contributed by atoms with E-state index in [9.17, 15) is 8.78 Å². The van der Waals surface area contributed by atoms with Crippen molar-refractivity contribution >= 4 is 10.8 Å². The van der Waals surface area contributed by atoms with Crippen molar-refractivity contribution in [3.8, 4) is 0 Å². The van der Waals surface area contributed by atoms with Gasteiger partial charge in [-0.05, 0) is 72.8 Å². The maximum Gasteiger partial charge on any atom is 0.166 e. The van der Waals surface area contributed by atoms with Crippen molar-refractivity contribution in [2.75, 3.05) is 0 Å². The zero-order valence-electron chi connectivity index (χ0n) is 14.4. The molecule has 0 spiro atoms. The van der Waals surface area contributed by atoms with Crippen LogP contribution in [0.2, 0.25) is 0 Å². The summed E-state index contributed by atoms with van der Waals surface area (Å²) in [5, 5.41) is 1.22. The Morgan fingerprint density at radius 3 is 2.54 bits per heavy atom. The first-order chi connectivity index (χ1) is 11.7. The van der Waals surface area contributed by atoms with Crippen LogP contribution in [0.1, 0.15) is 63.4 Å². The largest absolute Gasteiger partial charge is 0.204 e. The van der Waals surface area contributed by atoms with E-state index in [-0.39, 0.29) is 0 Å². The van der Waals surface area contributed by atoms with Gasteiger partial charge in [-0.3, -0.25) is 0 Å². The number of halogens is 2. The van der Waals surface area contributed by atoms with Gasteiger partial charge in [0, 0.05) is 5.39 Å². The van der Waals surface area contributed by atoms with Gasteiger partial charge in [0.25, 0.3) is 0 Å². The van der Waals surface area contributed by atoms with Gasteiger partial charge in [-0.25, -0.2) is 8.78 Å². The van der Waals surface area contributed by atoms with Crippen LogP contribution in [-0.4, -0.2) is 0 Å². The molecule has 2 fully saturated rings. The molecule has 4 atom stereocenters. The second-order valence-electron chi connectivity index (χ2n) is 7.96. The molecule has 0 radical (unpaired) electrons. The third-order valence-electron chi connectivity index (χ3n) is 6.70. The number of fused-ring (bicyclic) bond motifs is 2. The lowest BCUT2D eigenvalue weighted by molar-refractivity contribution is 0.116. The Kier molecular flexibility index (Phi) is 4.32. The molecule has 2 aliphatic rings. The quantitative estimate of drug-likeness (QED) is 0.567. The second kappa shape index (κ2) is 6.46. The van der Waals surface area contributed by atoms with Crippen LogP contribution in [0, 0.1) is 29.4 Å². The predicted molar refractivity (Wildman–Crippen MR) is 95.1 cm³/mol. The van der Waals surface area contributed by atoms with Gasteiger partial charge in [0.05, 0.1) is 0 Å². The van der Waals surface area contributed by atoms with Crippen LogP contribution in [0.3, 0.4) is 0 Å². The molecule has 128 valence electrons. The van der Waals surface area contributed by atoms with E-state index in [1.807, 2.05) is 6.07 Å². The minimum absolute atomic E-state index is 0.399. The molecular weight excluding hydrogens is 302 g/mol. The molecule has 4 rings (SSSR count). The average molecular weight is 328 g/mol. The van der Waals surface area contributed by atoms with Gasteiger partial charge in [0.2, 0.25) is 0 Å². The Bertz CT molecular complexity index is 736. The summed E-state index contributed by atoms with van der Waals surface area (Å²) in [5.74, 6) is 1.84. The van der Waals surface area contributed by atoms with E-state index in [0.29, 0.717) is 11.3 Å². The molecule has 2 saturated carbocycles. The molecule has 4 unspecified atom stereocenters. The first-order valence-electron chi connectivity index (χ1n) is 9.53. The van der Waals surface area contributed by atoms with Crippen molar-refractivity contribution < 1.29 is 8.78 Å². The Balaban J connectivity index is 1.55. The molecule has 0 aliphatic heterocycles. The van der Waals surface area contributed by atoms with Crippen molar-refractivity contribution in [1.29, 1.82) is 0 Å². The fourth-order valence-corrected chi connectivity index (χ4v) is 5.20. The highest BCUT2D eigenvalue weighted by Gasteiger charge is 2.35. The maximum absolute atomic E-state index is 13.9. The summed E-state index contributed by atoms with van der Waals surface area (Å²) in [4.78, 5) is 0. The van der Waals surface area contributed by atoms with Crippen molar-refractivity contribution in [3.05, 3.63) is 47.5 Å². The van der Waals surface area contributed by atoms with E-state index < -0.39 is 11.6 Å². The van der Waals surface area contributed by atoms with E-state index in [1.54, 1.807) is 12.1 Å². The molecule has 0 amide bonds. The van der Waals surface area contributed by atoms with Gasteiger partial charge >= 0.3 is 0 Å². The summed E-state index contributed by atoms with van der Waals surface area (Å²) in [5.41, 5.74) is 1.31. The fraction of sp³-hybridized carbons (Fsp3) is 0.545. The Labute approximate surface area is 143 Å². The standard InChI is InChI=1S/C22H26F2/c1-2-14-3-4-16-12-17(6-5-15(16)11-14)18-7-9-20-19(13-18)8-10-21(23)22(20)24/h7-10,13-17H,2-6,11-12H2,1H3.